The van der Waals surface area contributed by atoms with Gasteiger partial charge in [-0.05, 0) is 51.9 Å². The van der Waals surface area contributed by atoms with Crippen molar-refractivity contribution >= 4 is 17.4 Å². The predicted molar refractivity (Wildman–Crippen MR) is 91.9 cm³/mol. The van der Waals surface area contributed by atoms with E-state index in [9.17, 15) is 9.90 Å². The Hall–Kier alpha value is -1.14. The second-order valence-electron chi connectivity index (χ2n) is 6.74. The Morgan fingerprint density at radius 1 is 1.43 bits per heavy atom. The second-order valence-corrected chi connectivity index (χ2v) is 7.91. The molecule has 0 spiro atoms. The summed E-state index contributed by atoms with van der Waals surface area (Å²) in [4.78, 5) is 20.4. The molecule has 5 nitrogen and oxygen atoms in total. The molecule has 2 N–H and O–H groups in total. The number of nitrogens with zero attached hydrogens (tertiary/aromatic N) is 2. The van der Waals surface area contributed by atoms with E-state index < -0.39 is 0 Å². The Morgan fingerprint density at radius 2 is 2.26 bits per heavy atom. The highest BCUT2D eigenvalue weighted by molar-refractivity contribution is 7.11. The van der Waals surface area contributed by atoms with Gasteiger partial charge in [0.2, 0.25) is 0 Å². The van der Waals surface area contributed by atoms with E-state index >= 15 is 0 Å². The van der Waals surface area contributed by atoms with E-state index in [-0.39, 0.29) is 18.2 Å². The number of aryl methyl sites for hydroxylation is 2. The van der Waals surface area contributed by atoms with Gasteiger partial charge in [0.15, 0.2) is 0 Å². The van der Waals surface area contributed by atoms with Gasteiger partial charge in [-0.25, -0.2) is 9.78 Å². The van der Waals surface area contributed by atoms with Crippen LogP contribution >= 0.6 is 11.3 Å². The van der Waals surface area contributed by atoms with Crippen LogP contribution < -0.4 is 5.32 Å². The van der Waals surface area contributed by atoms with Crippen LogP contribution in [0.1, 0.15) is 54.6 Å². The average molecular weight is 337 g/mol. The van der Waals surface area contributed by atoms with E-state index in [0.29, 0.717) is 13.0 Å². The lowest BCUT2D eigenvalue weighted by Crippen LogP contribution is -2.44. The Morgan fingerprint density at radius 3 is 3.04 bits per heavy atom. The lowest BCUT2D eigenvalue weighted by Gasteiger charge is -2.25. The predicted octanol–water partition coefficient (Wildman–Crippen LogP) is 2.51. The number of nitrogens with one attached hydrogen (secondary N) is 1. The molecule has 0 bridgehead atoms. The summed E-state index contributed by atoms with van der Waals surface area (Å²) in [6, 6.07) is 0.191. The summed E-state index contributed by atoms with van der Waals surface area (Å²) in [6.45, 7) is 3.23. The van der Waals surface area contributed by atoms with Crippen molar-refractivity contribution in [3.63, 3.8) is 0 Å². The number of likely N-dealkylation sites (tertiary alicyclic amines) is 1. The number of carbonyl (C=O) groups is 1. The fourth-order valence-electron chi connectivity index (χ4n) is 3.63. The number of aliphatic hydroxyl groups excluding tert-OH is 1. The maximum Gasteiger partial charge on any atom is 0.317 e. The Labute approximate surface area is 142 Å². The summed E-state index contributed by atoms with van der Waals surface area (Å²) in [5, 5.41) is 13.7. The molecule has 23 heavy (non-hydrogen) atoms. The van der Waals surface area contributed by atoms with Crippen LogP contribution in [-0.2, 0) is 19.3 Å². The van der Waals surface area contributed by atoms with Crippen LogP contribution in [0.5, 0.6) is 0 Å². The van der Waals surface area contributed by atoms with Gasteiger partial charge in [0, 0.05) is 30.4 Å². The number of fused-ring (bicyclic) bond motifs is 1. The second kappa shape index (κ2) is 7.62. The number of amides is 2. The molecule has 0 radical (unpaired) electrons. The van der Waals surface area contributed by atoms with E-state index in [0.717, 1.165) is 37.2 Å². The van der Waals surface area contributed by atoms with Gasteiger partial charge in [-0.3, -0.25) is 0 Å². The van der Waals surface area contributed by atoms with Crippen molar-refractivity contribution in [1.82, 2.24) is 15.2 Å². The molecule has 2 heterocycles. The number of aliphatic hydroxyl groups is 1. The van der Waals surface area contributed by atoms with Crippen LogP contribution in [0.4, 0.5) is 4.79 Å². The van der Waals surface area contributed by atoms with Gasteiger partial charge in [0.25, 0.3) is 0 Å². The molecule has 2 atom stereocenters. The van der Waals surface area contributed by atoms with Crippen molar-refractivity contribution in [1.29, 1.82) is 0 Å². The summed E-state index contributed by atoms with van der Waals surface area (Å²) in [6.07, 6.45) is 8.00. The molecule has 1 saturated heterocycles. The first-order valence-corrected chi connectivity index (χ1v) is 9.65. The molecule has 1 aliphatic heterocycles. The van der Waals surface area contributed by atoms with Gasteiger partial charge in [0.1, 0.15) is 0 Å². The number of aromatic nitrogens is 1. The largest absolute Gasteiger partial charge is 0.393 e. The van der Waals surface area contributed by atoms with Gasteiger partial charge in [0.05, 0.1) is 16.8 Å². The number of hydrogen-bond donors (Lipinski definition) is 2. The third-order valence-electron chi connectivity index (χ3n) is 4.76. The van der Waals surface area contributed by atoms with Gasteiger partial charge in [-0.15, -0.1) is 11.3 Å². The molecule has 2 amide bonds. The SMILES string of the molecule is CC(O)CC1CCCN1C(=O)NCCc1nc2c(s1)CCCC2. The van der Waals surface area contributed by atoms with E-state index in [1.165, 1.54) is 29.8 Å². The molecule has 0 aromatic carbocycles. The molecule has 1 fully saturated rings. The number of rotatable bonds is 5. The standard InChI is InChI=1S/C17H27N3O2S/c1-12(21)11-13-5-4-10-20(13)17(22)18-9-8-16-19-14-6-2-3-7-15(14)23-16/h12-13,21H,2-11H2,1H3,(H,18,22). The third kappa shape index (κ3) is 4.23. The van der Waals surface area contributed by atoms with E-state index in [1.807, 2.05) is 16.2 Å². The molecular formula is C17H27N3O2S. The van der Waals surface area contributed by atoms with Crippen molar-refractivity contribution < 1.29 is 9.90 Å². The zero-order valence-corrected chi connectivity index (χ0v) is 14.7. The maximum atomic E-state index is 12.3. The van der Waals surface area contributed by atoms with E-state index in [1.54, 1.807) is 6.92 Å². The van der Waals surface area contributed by atoms with Crippen molar-refractivity contribution in [3.8, 4) is 0 Å². The molecule has 1 aromatic heterocycles. The molecule has 3 rings (SSSR count). The Bertz CT molecular complexity index is 520. The van der Waals surface area contributed by atoms with Crippen molar-refractivity contribution in [3.05, 3.63) is 15.6 Å². The molecule has 0 saturated carbocycles. The molecule has 1 aliphatic carbocycles. The van der Waals surface area contributed by atoms with Crippen molar-refractivity contribution in [2.45, 2.75) is 70.4 Å². The normalized spacial score (nSPS) is 22.0. The van der Waals surface area contributed by atoms with Gasteiger partial charge < -0.3 is 15.3 Å². The smallest absolute Gasteiger partial charge is 0.317 e. The minimum Gasteiger partial charge on any atom is -0.393 e. The first-order chi connectivity index (χ1) is 11.1. The van der Waals surface area contributed by atoms with Gasteiger partial charge in [-0.1, -0.05) is 0 Å². The highest BCUT2D eigenvalue weighted by Crippen LogP contribution is 2.27. The van der Waals surface area contributed by atoms with E-state index in [4.69, 9.17) is 4.98 Å². The van der Waals surface area contributed by atoms with E-state index in [2.05, 4.69) is 5.32 Å². The first kappa shape index (κ1) is 16.7. The number of hydrogen-bond acceptors (Lipinski definition) is 4. The molecule has 2 unspecified atom stereocenters. The lowest BCUT2D eigenvalue weighted by molar-refractivity contribution is 0.138. The average Bonchev–Trinajstić information content (AvgIpc) is 3.12. The number of urea groups is 1. The minimum absolute atomic E-state index is 0.00877. The fourth-order valence-corrected chi connectivity index (χ4v) is 4.79. The van der Waals surface area contributed by atoms with Crippen LogP contribution in [-0.4, -0.2) is 46.3 Å². The summed E-state index contributed by atoms with van der Waals surface area (Å²) < 4.78 is 0. The summed E-state index contributed by atoms with van der Waals surface area (Å²) in [5.41, 5.74) is 1.29. The van der Waals surface area contributed by atoms with Gasteiger partial charge in [-0.2, -0.15) is 0 Å². The van der Waals surface area contributed by atoms with Gasteiger partial charge >= 0.3 is 6.03 Å². The van der Waals surface area contributed by atoms with Crippen LogP contribution in [0.25, 0.3) is 0 Å². The highest BCUT2D eigenvalue weighted by Gasteiger charge is 2.29. The summed E-state index contributed by atoms with van der Waals surface area (Å²) >= 11 is 1.82. The van der Waals surface area contributed by atoms with Crippen molar-refractivity contribution in [2.75, 3.05) is 13.1 Å². The molecule has 1 aromatic rings. The summed E-state index contributed by atoms with van der Waals surface area (Å²) in [5.74, 6) is 0. The topological polar surface area (TPSA) is 65.5 Å². The molecular weight excluding hydrogens is 310 g/mol. The first-order valence-electron chi connectivity index (χ1n) is 8.83. The monoisotopic (exact) mass is 337 g/mol. The van der Waals surface area contributed by atoms with Crippen LogP contribution in [0.2, 0.25) is 0 Å². The number of carbonyl (C=O) groups excluding carboxylic acids is 1. The van der Waals surface area contributed by atoms with Crippen LogP contribution in [0.3, 0.4) is 0 Å². The number of thiazole rings is 1. The van der Waals surface area contributed by atoms with Crippen LogP contribution in [0.15, 0.2) is 0 Å². The fraction of sp³-hybridized carbons (Fsp3) is 0.765. The maximum absolute atomic E-state index is 12.3. The summed E-state index contributed by atoms with van der Waals surface area (Å²) in [7, 11) is 0. The minimum atomic E-state index is -0.352. The zero-order valence-electron chi connectivity index (χ0n) is 13.9. The molecule has 2 aliphatic rings. The Balaban J connectivity index is 1.46. The molecule has 6 heteroatoms. The quantitative estimate of drug-likeness (QED) is 0.868. The molecule has 128 valence electrons. The Kier molecular flexibility index (Phi) is 5.54. The zero-order chi connectivity index (χ0) is 16.2. The third-order valence-corrected chi connectivity index (χ3v) is 5.97. The van der Waals surface area contributed by atoms with Crippen LogP contribution in [0, 0.1) is 0 Å². The van der Waals surface area contributed by atoms with Crippen molar-refractivity contribution in [2.24, 2.45) is 0 Å². The highest BCUT2D eigenvalue weighted by atomic mass is 32.1. The lowest BCUT2D eigenvalue weighted by atomic mass is 10.0.